The molecule has 1 fully saturated rings. The third-order valence-corrected chi connectivity index (χ3v) is 5.50. The second-order valence-electron chi connectivity index (χ2n) is 5.82. The van der Waals surface area contributed by atoms with Crippen LogP contribution in [0.15, 0.2) is 23.0 Å². The summed E-state index contributed by atoms with van der Waals surface area (Å²) >= 11 is 0. The molecule has 0 atom stereocenters. The van der Waals surface area contributed by atoms with Crippen LogP contribution in [0.2, 0.25) is 0 Å². The summed E-state index contributed by atoms with van der Waals surface area (Å²) in [6.07, 6.45) is 1.95. The number of aromatic nitrogens is 2. The van der Waals surface area contributed by atoms with Crippen molar-refractivity contribution in [2.45, 2.75) is 12.8 Å². The van der Waals surface area contributed by atoms with E-state index in [1.807, 2.05) is 0 Å². The van der Waals surface area contributed by atoms with E-state index >= 15 is 0 Å². The Morgan fingerprint density at radius 3 is 2.57 bits per heavy atom. The van der Waals surface area contributed by atoms with Gasteiger partial charge in [0.2, 0.25) is 15.9 Å². The van der Waals surface area contributed by atoms with Crippen LogP contribution in [-0.2, 0) is 10.0 Å². The summed E-state index contributed by atoms with van der Waals surface area (Å²) in [4.78, 5) is 27.4. The van der Waals surface area contributed by atoms with Crippen LogP contribution in [0, 0.1) is 5.92 Å². The zero-order valence-electron chi connectivity index (χ0n) is 12.7. The Labute approximate surface area is 132 Å². The molecule has 1 aliphatic heterocycles. The molecule has 0 unspecified atom stereocenters. The first kappa shape index (κ1) is 15.8. The first-order valence-electron chi connectivity index (χ1n) is 7.27. The van der Waals surface area contributed by atoms with E-state index in [0.29, 0.717) is 29.6 Å². The maximum absolute atomic E-state index is 12.7. The van der Waals surface area contributed by atoms with Gasteiger partial charge in [0.05, 0.1) is 17.3 Å². The molecule has 8 nitrogen and oxygen atoms in total. The van der Waals surface area contributed by atoms with Gasteiger partial charge in [0.25, 0.3) is 0 Å². The second-order valence-corrected chi connectivity index (χ2v) is 7.80. The topological polar surface area (TPSA) is 118 Å². The standard InChI is InChI=1S/C14H18N4O4S/c1-23(21,22)17-6-4-9(5-7-17)13(19)18-12-8-10(15)2-3-11(12)16-14(18)20/h2-3,8-9H,4-7,15H2,1H3,(H,16,20). The number of hydrogen-bond donors (Lipinski definition) is 2. The van der Waals surface area contributed by atoms with Gasteiger partial charge in [0.1, 0.15) is 0 Å². The fraction of sp³-hybridized carbons (Fsp3) is 0.429. The van der Waals surface area contributed by atoms with Crippen molar-refractivity contribution in [2.24, 2.45) is 5.92 Å². The number of nitrogens with zero attached hydrogens (tertiary/aromatic N) is 2. The SMILES string of the molecule is CS(=O)(=O)N1CCC(C(=O)n2c(=O)[nH]c3ccc(N)cc32)CC1. The van der Waals surface area contributed by atoms with Crippen LogP contribution in [0.4, 0.5) is 5.69 Å². The van der Waals surface area contributed by atoms with Gasteiger partial charge in [0, 0.05) is 24.7 Å². The Morgan fingerprint density at radius 2 is 1.96 bits per heavy atom. The number of piperidine rings is 1. The zero-order chi connectivity index (χ0) is 16.8. The molecular formula is C14H18N4O4S. The molecule has 3 N–H and O–H groups in total. The van der Waals surface area contributed by atoms with Gasteiger partial charge in [-0.3, -0.25) is 4.79 Å². The lowest BCUT2D eigenvalue weighted by Crippen LogP contribution is -2.41. The van der Waals surface area contributed by atoms with Gasteiger partial charge in [-0.05, 0) is 31.0 Å². The Bertz CT molecular complexity index is 920. The fourth-order valence-electron chi connectivity index (χ4n) is 2.96. The molecule has 0 bridgehead atoms. The van der Waals surface area contributed by atoms with Gasteiger partial charge >= 0.3 is 5.69 Å². The average molecular weight is 338 g/mol. The molecule has 0 aliphatic carbocycles. The quantitative estimate of drug-likeness (QED) is 0.760. The third kappa shape index (κ3) is 2.89. The van der Waals surface area contributed by atoms with Crippen LogP contribution in [0.25, 0.3) is 11.0 Å². The summed E-state index contributed by atoms with van der Waals surface area (Å²) in [6.45, 7) is 0.572. The molecule has 1 aliphatic rings. The summed E-state index contributed by atoms with van der Waals surface area (Å²) in [6, 6.07) is 4.89. The number of imidazole rings is 1. The molecule has 0 spiro atoms. The van der Waals surface area contributed by atoms with Crippen LogP contribution in [0.3, 0.4) is 0 Å². The van der Waals surface area contributed by atoms with Crippen LogP contribution >= 0.6 is 0 Å². The van der Waals surface area contributed by atoms with E-state index in [-0.39, 0.29) is 24.9 Å². The van der Waals surface area contributed by atoms with Gasteiger partial charge in [-0.1, -0.05) is 0 Å². The number of carbonyl (C=O) groups excluding carboxylic acids is 1. The number of carbonyl (C=O) groups is 1. The first-order valence-corrected chi connectivity index (χ1v) is 9.12. The second kappa shape index (κ2) is 5.50. The first-order chi connectivity index (χ1) is 10.8. The molecule has 2 heterocycles. The highest BCUT2D eigenvalue weighted by molar-refractivity contribution is 7.88. The van der Waals surface area contributed by atoms with Crippen molar-refractivity contribution in [1.29, 1.82) is 0 Å². The van der Waals surface area contributed by atoms with Crippen molar-refractivity contribution in [2.75, 3.05) is 25.1 Å². The monoisotopic (exact) mass is 338 g/mol. The minimum Gasteiger partial charge on any atom is -0.399 e. The van der Waals surface area contributed by atoms with E-state index in [1.165, 1.54) is 4.31 Å². The number of fused-ring (bicyclic) bond motifs is 1. The van der Waals surface area contributed by atoms with E-state index in [2.05, 4.69) is 4.98 Å². The minimum absolute atomic E-state index is 0.286. The average Bonchev–Trinajstić information content (AvgIpc) is 2.81. The van der Waals surface area contributed by atoms with Gasteiger partial charge < -0.3 is 10.7 Å². The van der Waals surface area contributed by atoms with E-state index in [1.54, 1.807) is 18.2 Å². The lowest BCUT2D eigenvalue weighted by atomic mass is 9.97. The van der Waals surface area contributed by atoms with Gasteiger partial charge in [-0.15, -0.1) is 0 Å². The fourth-order valence-corrected chi connectivity index (χ4v) is 3.83. The van der Waals surface area contributed by atoms with E-state index in [0.717, 1.165) is 10.8 Å². The smallest absolute Gasteiger partial charge is 0.333 e. The van der Waals surface area contributed by atoms with E-state index in [4.69, 9.17) is 5.73 Å². The number of hydrogen-bond acceptors (Lipinski definition) is 5. The van der Waals surface area contributed by atoms with Gasteiger partial charge in [-0.2, -0.15) is 0 Å². The molecule has 1 aromatic heterocycles. The third-order valence-electron chi connectivity index (χ3n) is 4.20. The number of nitrogens with one attached hydrogen (secondary N) is 1. The molecule has 1 aromatic carbocycles. The molecule has 2 aromatic rings. The summed E-state index contributed by atoms with van der Waals surface area (Å²) in [7, 11) is -3.25. The molecule has 23 heavy (non-hydrogen) atoms. The highest BCUT2D eigenvalue weighted by Crippen LogP contribution is 2.22. The summed E-state index contributed by atoms with van der Waals surface area (Å²) in [5, 5.41) is 0. The number of aromatic amines is 1. The minimum atomic E-state index is -3.25. The van der Waals surface area contributed by atoms with Gasteiger partial charge in [0.15, 0.2) is 0 Å². The normalized spacial score (nSPS) is 17.6. The van der Waals surface area contributed by atoms with Gasteiger partial charge in [-0.25, -0.2) is 22.1 Å². The molecule has 0 radical (unpaired) electrons. The predicted molar refractivity (Wildman–Crippen MR) is 86.7 cm³/mol. The number of benzene rings is 1. The number of anilines is 1. The Kier molecular flexibility index (Phi) is 3.77. The maximum atomic E-state index is 12.7. The number of nitrogen functional groups attached to an aromatic ring is 1. The highest BCUT2D eigenvalue weighted by atomic mass is 32.2. The molecule has 124 valence electrons. The van der Waals surface area contributed by atoms with Crippen LogP contribution in [0.1, 0.15) is 17.6 Å². The number of rotatable bonds is 2. The molecular weight excluding hydrogens is 320 g/mol. The molecule has 3 rings (SSSR count). The van der Waals surface area contributed by atoms with Crippen molar-refractivity contribution in [3.8, 4) is 0 Å². The summed E-state index contributed by atoms with van der Waals surface area (Å²) in [5.41, 5.74) is 6.69. The van der Waals surface area contributed by atoms with Crippen molar-refractivity contribution in [3.63, 3.8) is 0 Å². The van der Waals surface area contributed by atoms with E-state index < -0.39 is 15.7 Å². The molecule has 9 heteroatoms. The zero-order valence-corrected chi connectivity index (χ0v) is 13.5. The number of sulfonamides is 1. The van der Waals surface area contributed by atoms with Crippen molar-refractivity contribution < 1.29 is 13.2 Å². The lowest BCUT2D eigenvalue weighted by Gasteiger charge is -2.29. The summed E-state index contributed by atoms with van der Waals surface area (Å²) in [5.74, 6) is -0.703. The van der Waals surface area contributed by atoms with E-state index in [9.17, 15) is 18.0 Å². The van der Waals surface area contributed by atoms with Crippen LogP contribution < -0.4 is 11.4 Å². The molecule has 0 saturated carbocycles. The van der Waals surface area contributed by atoms with Crippen molar-refractivity contribution >= 4 is 32.7 Å². The molecule has 0 amide bonds. The Hall–Kier alpha value is -2.13. The largest absolute Gasteiger partial charge is 0.399 e. The summed E-state index contributed by atoms with van der Waals surface area (Å²) < 4.78 is 25.5. The lowest BCUT2D eigenvalue weighted by molar-refractivity contribution is 0.0788. The van der Waals surface area contributed by atoms with Crippen molar-refractivity contribution in [3.05, 3.63) is 28.7 Å². The Morgan fingerprint density at radius 1 is 1.30 bits per heavy atom. The van der Waals surface area contributed by atoms with Crippen LogP contribution in [-0.4, -0.2) is 47.5 Å². The predicted octanol–water partition coefficient (Wildman–Crippen LogP) is 0.224. The molecule has 1 saturated heterocycles. The number of H-pyrrole nitrogens is 1. The van der Waals surface area contributed by atoms with Crippen molar-refractivity contribution in [1.82, 2.24) is 13.9 Å². The maximum Gasteiger partial charge on any atom is 0.333 e. The van der Waals surface area contributed by atoms with Crippen LogP contribution in [0.5, 0.6) is 0 Å². The highest BCUT2D eigenvalue weighted by Gasteiger charge is 2.31. The number of nitrogens with two attached hydrogens (primary N) is 1. The Balaban J connectivity index is 1.89.